The Hall–Kier alpha value is -0.200. The van der Waals surface area contributed by atoms with Crippen LogP contribution in [0.4, 0.5) is 0 Å². The van der Waals surface area contributed by atoms with Crippen molar-refractivity contribution < 1.29 is 15.0 Å². The van der Waals surface area contributed by atoms with E-state index in [1.165, 1.54) is 28.4 Å². The first-order chi connectivity index (χ1) is 15.2. The second kappa shape index (κ2) is 29.0. The molecule has 34 heavy (non-hydrogen) atoms. The number of carbonyl (C=O) groups is 1. The van der Waals surface area contributed by atoms with E-state index < -0.39 is 0 Å². The summed E-state index contributed by atoms with van der Waals surface area (Å²) in [5, 5.41) is 17.8. The molecular weight excluding hydrogens is 535 g/mol. The number of alkyl halides is 1. The lowest BCUT2D eigenvalue weighted by molar-refractivity contribution is -0.116. The highest BCUT2D eigenvalue weighted by Gasteiger charge is 2.44. The Labute approximate surface area is 229 Å². The zero-order chi connectivity index (χ0) is 27.0. The maximum atomic E-state index is 10.4. The highest BCUT2D eigenvalue weighted by molar-refractivity contribution is 14.1. The number of hydrogen-bond acceptors (Lipinski definition) is 3. The van der Waals surface area contributed by atoms with Crippen molar-refractivity contribution in [3.05, 3.63) is 23.3 Å². The molecule has 0 aromatic rings. The van der Waals surface area contributed by atoms with Crippen LogP contribution in [-0.4, -0.2) is 32.6 Å². The SMILES string of the molecule is C.CC.CC(=O)CCC=C(C)C.CC(C)=CCCC(C)O.CC(O)CCC1CC1(C)C.CCI. The standard InChI is InChI=1S/C9H18O.C8H16O.C8H14O.C2H5I.C2H6.CH4/c1-7(10)4-5-8-6-9(8,2)3;2*1-7(2)5-4-6-8(3)9;1-2-3;1-2;/h7-8,10H,4-6H2,1-3H3;5,8-9H,4,6H2,1-3H3;5H,4,6H2,1-3H3;2H2,1H3;1-2H3;1H4. The van der Waals surface area contributed by atoms with Crippen molar-refractivity contribution in [1.29, 1.82) is 0 Å². The Morgan fingerprint density at radius 1 is 0.941 bits per heavy atom. The minimum atomic E-state index is -0.152. The third kappa shape index (κ3) is 45.3. The molecule has 0 saturated heterocycles. The van der Waals surface area contributed by atoms with Crippen molar-refractivity contribution in [3.63, 3.8) is 0 Å². The number of allylic oxidation sites excluding steroid dienone is 4. The van der Waals surface area contributed by atoms with E-state index in [1.54, 1.807) is 6.92 Å². The molecule has 3 nitrogen and oxygen atoms in total. The molecule has 208 valence electrons. The van der Waals surface area contributed by atoms with Gasteiger partial charge in [0.1, 0.15) is 5.78 Å². The molecule has 3 atom stereocenters. The molecule has 0 aliphatic heterocycles. The van der Waals surface area contributed by atoms with Gasteiger partial charge in [0.25, 0.3) is 0 Å². The van der Waals surface area contributed by atoms with Crippen LogP contribution >= 0.6 is 22.6 Å². The van der Waals surface area contributed by atoms with Crippen LogP contribution in [0.25, 0.3) is 0 Å². The van der Waals surface area contributed by atoms with E-state index in [9.17, 15) is 4.79 Å². The molecule has 1 saturated carbocycles. The summed E-state index contributed by atoms with van der Waals surface area (Å²) in [6.07, 6.45) is 11.0. The fraction of sp³-hybridized carbons (Fsp3) is 0.833. The third-order valence-electron chi connectivity index (χ3n) is 4.84. The first kappa shape index (κ1) is 43.8. The molecule has 1 aliphatic carbocycles. The number of ketones is 1. The lowest BCUT2D eigenvalue weighted by Gasteiger charge is -2.04. The molecule has 0 bridgehead atoms. The molecule has 0 spiro atoms. The second-order valence-corrected chi connectivity index (χ2v) is 11.3. The van der Waals surface area contributed by atoms with Crippen LogP contribution in [0.1, 0.15) is 135 Å². The topological polar surface area (TPSA) is 57.5 Å². The van der Waals surface area contributed by atoms with Gasteiger partial charge in [-0.2, -0.15) is 0 Å². The average molecular weight is 599 g/mol. The molecule has 0 heterocycles. The predicted molar refractivity (Wildman–Crippen MR) is 165 cm³/mol. The fourth-order valence-corrected chi connectivity index (χ4v) is 2.69. The van der Waals surface area contributed by atoms with Gasteiger partial charge >= 0.3 is 0 Å². The van der Waals surface area contributed by atoms with Gasteiger partial charge in [0.05, 0.1) is 12.2 Å². The van der Waals surface area contributed by atoms with Crippen LogP contribution in [0, 0.1) is 11.3 Å². The second-order valence-electron chi connectivity index (χ2n) is 9.81. The van der Waals surface area contributed by atoms with Crippen LogP contribution < -0.4 is 0 Å². The van der Waals surface area contributed by atoms with Gasteiger partial charge in [0.15, 0.2) is 0 Å². The molecule has 0 aromatic carbocycles. The van der Waals surface area contributed by atoms with Crippen molar-refractivity contribution in [2.75, 3.05) is 4.43 Å². The summed E-state index contributed by atoms with van der Waals surface area (Å²) < 4.78 is 1.22. The largest absolute Gasteiger partial charge is 0.393 e. The van der Waals surface area contributed by atoms with Crippen molar-refractivity contribution in [2.45, 2.75) is 148 Å². The summed E-state index contributed by atoms with van der Waals surface area (Å²) in [5.41, 5.74) is 3.21. The zero-order valence-corrected chi connectivity index (χ0v) is 26.4. The summed E-state index contributed by atoms with van der Waals surface area (Å²) in [6, 6.07) is 0. The third-order valence-corrected chi connectivity index (χ3v) is 4.84. The molecule has 2 N–H and O–H groups in total. The molecule has 0 aromatic heterocycles. The van der Waals surface area contributed by atoms with Crippen molar-refractivity contribution in [3.8, 4) is 0 Å². The van der Waals surface area contributed by atoms with Gasteiger partial charge < -0.3 is 15.0 Å². The lowest BCUT2D eigenvalue weighted by Crippen LogP contribution is -2.00. The molecule has 0 radical (unpaired) electrons. The number of rotatable bonds is 9. The Bertz CT molecular complexity index is 483. The van der Waals surface area contributed by atoms with Gasteiger partial charge in [-0.05, 0) is 103 Å². The van der Waals surface area contributed by atoms with E-state index in [-0.39, 0.29) is 25.4 Å². The summed E-state index contributed by atoms with van der Waals surface area (Å²) >= 11 is 2.29. The Morgan fingerprint density at radius 2 is 1.29 bits per heavy atom. The fourth-order valence-electron chi connectivity index (χ4n) is 2.69. The van der Waals surface area contributed by atoms with Gasteiger partial charge in [0, 0.05) is 6.42 Å². The summed E-state index contributed by atoms with van der Waals surface area (Å²) in [5.74, 6) is 1.16. The first-order valence-corrected chi connectivity index (χ1v) is 14.4. The van der Waals surface area contributed by atoms with E-state index in [0.29, 0.717) is 11.8 Å². The maximum absolute atomic E-state index is 10.4. The molecular formula is C30H63IO3. The van der Waals surface area contributed by atoms with E-state index in [4.69, 9.17) is 10.2 Å². The first-order valence-electron chi connectivity index (χ1n) is 12.9. The zero-order valence-electron chi connectivity index (χ0n) is 24.2. The summed E-state index contributed by atoms with van der Waals surface area (Å²) in [4.78, 5) is 10.4. The van der Waals surface area contributed by atoms with Crippen LogP contribution in [-0.2, 0) is 4.79 Å². The van der Waals surface area contributed by atoms with Gasteiger partial charge in [-0.25, -0.2) is 0 Å². The number of halogens is 1. The summed E-state index contributed by atoms with van der Waals surface area (Å²) in [7, 11) is 0. The van der Waals surface area contributed by atoms with Crippen LogP contribution in [0.2, 0.25) is 0 Å². The van der Waals surface area contributed by atoms with Crippen LogP contribution in [0.3, 0.4) is 0 Å². The molecule has 0 amide bonds. The number of aliphatic hydroxyl groups excluding tert-OH is 2. The van der Waals surface area contributed by atoms with Gasteiger partial charge in [-0.3, -0.25) is 0 Å². The van der Waals surface area contributed by atoms with Crippen LogP contribution in [0.15, 0.2) is 23.3 Å². The monoisotopic (exact) mass is 598 g/mol. The van der Waals surface area contributed by atoms with E-state index in [1.807, 2.05) is 41.5 Å². The van der Waals surface area contributed by atoms with Gasteiger partial charge in [-0.15, -0.1) is 0 Å². The molecule has 4 heteroatoms. The lowest BCUT2D eigenvalue weighted by atomic mass is 10.1. The smallest absolute Gasteiger partial charge is 0.130 e. The predicted octanol–water partition coefficient (Wildman–Crippen LogP) is 9.73. The van der Waals surface area contributed by atoms with Crippen LogP contribution in [0.5, 0.6) is 0 Å². The van der Waals surface area contributed by atoms with Crippen molar-refractivity contribution >= 4 is 28.4 Å². The van der Waals surface area contributed by atoms with E-state index in [2.05, 4.69) is 69.4 Å². The molecule has 1 aliphatic rings. The van der Waals surface area contributed by atoms with E-state index in [0.717, 1.165) is 31.6 Å². The number of carbonyl (C=O) groups excluding carboxylic acids is 1. The number of hydrogen-bond donors (Lipinski definition) is 2. The average Bonchev–Trinajstić information content (AvgIpc) is 3.29. The minimum absolute atomic E-state index is 0. The maximum Gasteiger partial charge on any atom is 0.130 e. The summed E-state index contributed by atoms with van der Waals surface area (Å²) in [6.45, 7) is 24.3. The van der Waals surface area contributed by atoms with Crippen molar-refractivity contribution in [2.24, 2.45) is 11.3 Å². The number of Topliss-reactive ketones (excluding diaryl/α,β-unsaturated/α-hetero) is 1. The quantitative estimate of drug-likeness (QED) is 0.158. The van der Waals surface area contributed by atoms with Gasteiger partial charge in [-0.1, -0.05) is 87.9 Å². The van der Waals surface area contributed by atoms with E-state index >= 15 is 0 Å². The van der Waals surface area contributed by atoms with Crippen molar-refractivity contribution in [1.82, 2.24) is 0 Å². The number of aliphatic hydroxyl groups is 2. The highest BCUT2D eigenvalue weighted by Crippen LogP contribution is 2.54. The normalized spacial score (nSPS) is 15.8. The molecule has 3 unspecified atom stereocenters. The Kier molecular flexibility index (Phi) is 37.4. The highest BCUT2D eigenvalue weighted by atomic mass is 127. The minimum Gasteiger partial charge on any atom is -0.393 e. The van der Waals surface area contributed by atoms with Gasteiger partial charge in [0.2, 0.25) is 0 Å². The Balaban J connectivity index is -0.000000111. The Morgan fingerprint density at radius 3 is 1.56 bits per heavy atom. The molecule has 1 fully saturated rings. The molecule has 1 rings (SSSR count).